The molecule has 0 unspecified atom stereocenters. The van der Waals surface area contributed by atoms with Crippen LogP contribution in [0.15, 0.2) is 28.7 Å². The Morgan fingerprint density at radius 3 is 2.26 bits per heavy atom. The van der Waals surface area contributed by atoms with Crippen molar-refractivity contribution in [2.45, 2.75) is 6.92 Å². The Kier molecular flexibility index (Phi) is 4.61. The van der Waals surface area contributed by atoms with Gasteiger partial charge in [0.1, 0.15) is 11.7 Å². The highest BCUT2D eigenvalue weighted by atomic mass is 35.7. The molecule has 1 aromatic carbocycles. The van der Waals surface area contributed by atoms with E-state index in [1.165, 1.54) is 0 Å². The summed E-state index contributed by atoms with van der Waals surface area (Å²) < 4.78 is 39.3. The number of halogens is 1. The molecule has 0 amide bonds. The smallest absolute Gasteiger partial charge is 0.383 e. The summed E-state index contributed by atoms with van der Waals surface area (Å²) in [4.78, 5) is 0. The molecule has 0 aliphatic carbocycles. The van der Waals surface area contributed by atoms with E-state index in [1.807, 2.05) is 37.3 Å². The SMILES string of the molecule is Cc1c(C#N)c(=[NH2+])oc2ccccc12.[O-][Cl+3]([O-])([O-])[O-]. The van der Waals surface area contributed by atoms with Crippen LogP contribution in [0, 0.1) is 28.5 Å². The molecule has 2 N–H and O–H groups in total. The lowest BCUT2D eigenvalue weighted by Gasteiger charge is -2.17. The maximum Gasteiger partial charge on any atom is 0.383 e. The van der Waals surface area contributed by atoms with Crippen LogP contribution in [0.2, 0.25) is 0 Å². The Bertz CT molecular complexity index is 678. The molecule has 2 aromatic rings. The maximum absolute atomic E-state index is 8.87. The summed E-state index contributed by atoms with van der Waals surface area (Å²) in [5.41, 5.74) is 2.18. The second kappa shape index (κ2) is 5.79. The third kappa shape index (κ3) is 4.33. The van der Waals surface area contributed by atoms with Gasteiger partial charge in [0.25, 0.3) is 0 Å². The number of aryl methyl sites for hydroxylation is 1. The minimum absolute atomic E-state index is 0.184. The van der Waals surface area contributed by atoms with Crippen LogP contribution >= 0.6 is 0 Å². The summed E-state index contributed by atoms with van der Waals surface area (Å²) in [7, 11) is -4.94. The minimum atomic E-state index is -4.94. The first-order valence-corrected chi connectivity index (χ1v) is 6.10. The van der Waals surface area contributed by atoms with Gasteiger partial charge < -0.3 is 4.42 Å². The molecule has 0 saturated heterocycles. The number of nitriles is 1. The topological polar surface area (TPSA) is 155 Å². The van der Waals surface area contributed by atoms with Crippen LogP contribution in [0.5, 0.6) is 0 Å². The van der Waals surface area contributed by atoms with Crippen LogP contribution in [0.25, 0.3) is 11.0 Å². The first-order chi connectivity index (χ1) is 8.74. The van der Waals surface area contributed by atoms with Crippen molar-refractivity contribution in [2.75, 3.05) is 0 Å². The molecule has 2 rings (SSSR count). The zero-order valence-corrected chi connectivity index (χ0v) is 10.5. The van der Waals surface area contributed by atoms with E-state index < -0.39 is 10.2 Å². The van der Waals surface area contributed by atoms with Crippen molar-refractivity contribution >= 4 is 11.0 Å². The maximum atomic E-state index is 8.87. The number of para-hydroxylation sites is 1. The molecule has 0 spiro atoms. The Morgan fingerprint density at radius 1 is 1.21 bits per heavy atom. The highest BCUT2D eigenvalue weighted by Crippen LogP contribution is 2.17. The van der Waals surface area contributed by atoms with Gasteiger partial charge in [-0.1, -0.05) is 18.2 Å². The van der Waals surface area contributed by atoms with Gasteiger partial charge in [-0.2, -0.15) is 5.26 Å². The molecule has 100 valence electrons. The Labute approximate surface area is 109 Å². The Balaban J connectivity index is 0.000000312. The zero-order chi connectivity index (χ0) is 14.6. The fourth-order valence-electron chi connectivity index (χ4n) is 1.49. The second-order valence-electron chi connectivity index (χ2n) is 3.45. The van der Waals surface area contributed by atoms with Gasteiger partial charge in [0.05, 0.1) is 0 Å². The Hall–Kier alpha value is -1.95. The lowest BCUT2D eigenvalue weighted by Crippen LogP contribution is -2.68. The van der Waals surface area contributed by atoms with E-state index in [0.29, 0.717) is 11.1 Å². The van der Waals surface area contributed by atoms with E-state index in [1.54, 1.807) is 0 Å². The number of rotatable bonds is 0. The molecule has 0 saturated carbocycles. The van der Waals surface area contributed by atoms with Crippen molar-refractivity contribution in [3.05, 3.63) is 40.9 Å². The van der Waals surface area contributed by atoms with Gasteiger partial charge >= 0.3 is 5.55 Å². The van der Waals surface area contributed by atoms with E-state index in [4.69, 9.17) is 33.7 Å². The van der Waals surface area contributed by atoms with Crippen LogP contribution in [0.3, 0.4) is 0 Å². The minimum Gasteiger partial charge on any atom is -0.404 e. The second-order valence-corrected chi connectivity index (χ2v) is 4.21. The predicted octanol–water partition coefficient (Wildman–Crippen LogP) is -4.48. The molecule has 0 bridgehead atoms. The van der Waals surface area contributed by atoms with Crippen LogP contribution < -0.4 is 29.6 Å². The van der Waals surface area contributed by atoms with E-state index in [0.717, 1.165) is 10.9 Å². The van der Waals surface area contributed by atoms with Crippen molar-refractivity contribution in [1.82, 2.24) is 0 Å². The summed E-state index contributed by atoms with van der Waals surface area (Å²) in [5.74, 6) is 0. The molecular formula is C11H9ClN2O5. The van der Waals surface area contributed by atoms with E-state index in [9.17, 15) is 0 Å². The highest BCUT2D eigenvalue weighted by molar-refractivity contribution is 5.81. The lowest BCUT2D eigenvalue weighted by molar-refractivity contribution is -2.00. The fourth-order valence-corrected chi connectivity index (χ4v) is 1.49. The molecule has 0 aliphatic heterocycles. The van der Waals surface area contributed by atoms with E-state index in [-0.39, 0.29) is 5.55 Å². The standard InChI is InChI=1S/C11H8N2O.ClHO4/c1-7-8-4-2-3-5-10(8)14-11(13)9(7)6-12;2-1(3,4)5/h2-5,13H,1H3;(H,2,3,4,5). The van der Waals surface area contributed by atoms with Crippen molar-refractivity contribution in [3.63, 3.8) is 0 Å². The summed E-state index contributed by atoms with van der Waals surface area (Å²) in [6.07, 6.45) is 0. The number of fused-ring (bicyclic) bond motifs is 1. The predicted molar refractivity (Wildman–Crippen MR) is 50.7 cm³/mol. The number of nitrogens with zero attached hydrogens (tertiary/aromatic N) is 1. The van der Waals surface area contributed by atoms with Crippen molar-refractivity contribution < 1.29 is 38.7 Å². The van der Waals surface area contributed by atoms with Crippen molar-refractivity contribution in [3.8, 4) is 6.07 Å². The van der Waals surface area contributed by atoms with Crippen LogP contribution in [0.1, 0.15) is 11.1 Å². The van der Waals surface area contributed by atoms with Gasteiger partial charge in [-0.05, 0) is 18.6 Å². The third-order valence-electron chi connectivity index (χ3n) is 2.24. The first kappa shape index (κ1) is 15.1. The Morgan fingerprint density at radius 2 is 1.74 bits per heavy atom. The van der Waals surface area contributed by atoms with Gasteiger partial charge in [-0.3, -0.25) is 0 Å². The highest BCUT2D eigenvalue weighted by Gasteiger charge is 2.10. The number of benzene rings is 1. The molecule has 0 radical (unpaired) electrons. The van der Waals surface area contributed by atoms with Crippen molar-refractivity contribution in [1.29, 1.82) is 5.26 Å². The normalized spacial score (nSPS) is 10.5. The van der Waals surface area contributed by atoms with Gasteiger partial charge in [0.15, 0.2) is 5.56 Å². The summed E-state index contributed by atoms with van der Waals surface area (Å²) in [6, 6.07) is 9.56. The van der Waals surface area contributed by atoms with E-state index >= 15 is 0 Å². The average Bonchev–Trinajstić information content (AvgIpc) is 2.27. The van der Waals surface area contributed by atoms with Crippen LogP contribution in [0.4, 0.5) is 0 Å². The number of nitrogens with two attached hydrogens (primary N) is 1. The largest absolute Gasteiger partial charge is 0.404 e. The molecule has 19 heavy (non-hydrogen) atoms. The third-order valence-corrected chi connectivity index (χ3v) is 2.24. The van der Waals surface area contributed by atoms with Gasteiger partial charge in [0.2, 0.25) is 0 Å². The number of hydrogen-bond acceptors (Lipinski definition) is 6. The monoisotopic (exact) mass is 284 g/mol. The quantitative estimate of drug-likeness (QED) is 0.514. The summed E-state index contributed by atoms with van der Waals surface area (Å²) >= 11 is 0. The van der Waals surface area contributed by atoms with Crippen LogP contribution in [-0.2, 0) is 0 Å². The average molecular weight is 285 g/mol. The summed E-state index contributed by atoms with van der Waals surface area (Å²) in [5, 5.41) is 15.4. The van der Waals surface area contributed by atoms with Gasteiger partial charge in [-0.25, -0.2) is 24.0 Å². The molecule has 8 heteroatoms. The summed E-state index contributed by atoms with van der Waals surface area (Å²) in [6.45, 7) is 1.87. The van der Waals surface area contributed by atoms with Gasteiger partial charge in [0, 0.05) is 5.39 Å². The molecule has 0 aliphatic rings. The van der Waals surface area contributed by atoms with Crippen molar-refractivity contribution in [2.24, 2.45) is 0 Å². The van der Waals surface area contributed by atoms with E-state index in [2.05, 4.69) is 0 Å². The zero-order valence-electron chi connectivity index (χ0n) is 9.75. The molecule has 1 heterocycles. The lowest BCUT2D eigenvalue weighted by atomic mass is 10.1. The molecule has 1 aromatic heterocycles. The molecular weight excluding hydrogens is 276 g/mol. The molecule has 0 fully saturated rings. The van der Waals surface area contributed by atoms with Gasteiger partial charge in [-0.15, -0.1) is 10.2 Å². The molecule has 0 atom stereocenters. The molecule has 7 nitrogen and oxygen atoms in total. The number of hydrogen-bond donors (Lipinski definition) is 1. The van der Waals surface area contributed by atoms with Crippen LogP contribution in [-0.4, -0.2) is 0 Å². The fraction of sp³-hybridized carbons (Fsp3) is 0.0909. The first-order valence-electron chi connectivity index (χ1n) is 4.87.